The Morgan fingerprint density at radius 2 is 1.83 bits per heavy atom. The number of phenolic OH excluding ortho intramolecular Hbond substituents is 1. The molecule has 1 amide bonds. The number of amides is 1. The van der Waals surface area contributed by atoms with Crippen LogP contribution in [0.1, 0.15) is 24.2 Å². The van der Waals surface area contributed by atoms with E-state index < -0.39 is 38.2 Å². The number of fused-ring (bicyclic) bond motifs is 1. The quantitative estimate of drug-likeness (QED) is 0.466. The Bertz CT molecular complexity index is 1260. The summed E-state index contributed by atoms with van der Waals surface area (Å²) in [5.41, 5.74) is -1.29. The molecule has 0 bridgehead atoms. The standard InChI is InChI=1S/C19H18N2O7S/c1-10(2)29(26,27)21-12-5-3-4-11(8-12)18(24)20-16-17(23)14-7-6-13(22)9-15(14)28-19(16)25/h3-10,21-23H,1-2H3,(H,20,24). The van der Waals surface area contributed by atoms with E-state index >= 15 is 0 Å². The summed E-state index contributed by atoms with van der Waals surface area (Å²) in [6, 6.07) is 9.45. The molecular formula is C19H18N2O7S. The summed E-state index contributed by atoms with van der Waals surface area (Å²) in [6.45, 7) is 3.03. The molecule has 3 rings (SSSR count). The van der Waals surface area contributed by atoms with E-state index in [0.717, 1.165) is 6.07 Å². The van der Waals surface area contributed by atoms with Crippen molar-refractivity contribution in [1.29, 1.82) is 0 Å². The molecule has 0 radical (unpaired) electrons. The molecular weight excluding hydrogens is 400 g/mol. The maximum atomic E-state index is 12.5. The average Bonchev–Trinajstić information content (AvgIpc) is 2.64. The van der Waals surface area contributed by atoms with Crippen LogP contribution in [-0.2, 0) is 10.0 Å². The lowest BCUT2D eigenvalue weighted by Gasteiger charge is -2.12. The zero-order valence-corrected chi connectivity index (χ0v) is 16.3. The van der Waals surface area contributed by atoms with E-state index in [1.807, 2.05) is 0 Å². The molecule has 29 heavy (non-hydrogen) atoms. The van der Waals surface area contributed by atoms with Gasteiger partial charge in [0, 0.05) is 17.3 Å². The van der Waals surface area contributed by atoms with Gasteiger partial charge in [-0.1, -0.05) is 6.07 Å². The van der Waals surface area contributed by atoms with Gasteiger partial charge in [-0.2, -0.15) is 0 Å². The van der Waals surface area contributed by atoms with Gasteiger partial charge in [-0.3, -0.25) is 9.52 Å². The van der Waals surface area contributed by atoms with Crippen molar-refractivity contribution in [2.24, 2.45) is 0 Å². The molecule has 10 heteroatoms. The minimum atomic E-state index is -3.60. The average molecular weight is 418 g/mol. The molecule has 0 aliphatic heterocycles. The molecule has 0 unspecified atom stereocenters. The van der Waals surface area contributed by atoms with Crippen LogP contribution in [0, 0.1) is 0 Å². The molecule has 152 valence electrons. The van der Waals surface area contributed by atoms with Crippen LogP contribution >= 0.6 is 0 Å². The number of phenols is 1. The van der Waals surface area contributed by atoms with Crippen LogP contribution in [0.15, 0.2) is 51.7 Å². The number of nitrogens with one attached hydrogen (secondary N) is 2. The van der Waals surface area contributed by atoms with Crippen molar-refractivity contribution in [3.63, 3.8) is 0 Å². The fraction of sp³-hybridized carbons (Fsp3) is 0.158. The van der Waals surface area contributed by atoms with Crippen LogP contribution in [0.3, 0.4) is 0 Å². The summed E-state index contributed by atoms with van der Waals surface area (Å²) in [5.74, 6) is -1.42. The van der Waals surface area contributed by atoms with Crippen LogP contribution in [0.4, 0.5) is 11.4 Å². The first-order valence-electron chi connectivity index (χ1n) is 8.50. The van der Waals surface area contributed by atoms with Gasteiger partial charge in [0.1, 0.15) is 11.3 Å². The molecule has 0 atom stereocenters. The van der Waals surface area contributed by atoms with Crippen molar-refractivity contribution in [1.82, 2.24) is 0 Å². The van der Waals surface area contributed by atoms with Crippen molar-refractivity contribution < 1.29 is 27.8 Å². The molecule has 0 saturated heterocycles. The Morgan fingerprint density at radius 1 is 1.10 bits per heavy atom. The number of rotatable bonds is 5. The van der Waals surface area contributed by atoms with Gasteiger partial charge < -0.3 is 19.9 Å². The highest BCUT2D eigenvalue weighted by Gasteiger charge is 2.19. The highest BCUT2D eigenvalue weighted by atomic mass is 32.2. The number of aromatic hydroxyl groups is 2. The zero-order chi connectivity index (χ0) is 21.3. The summed E-state index contributed by atoms with van der Waals surface area (Å²) >= 11 is 0. The fourth-order valence-electron chi connectivity index (χ4n) is 2.48. The van der Waals surface area contributed by atoms with Gasteiger partial charge in [0.25, 0.3) is 5.91 Å². The van der Waals surface area contributed by atoms with Gasteiger partial charge in [0.15, 0.2) is 11.4 Å². The fourth-order valence-corrected chi connectivity index (χ4v) is 3.17. The number of carbonyl (C=O) groups excluding carboxylic acids is 1. The lowest BCUT2D eigenvalue weighted by molar-refractivity contribution is 0.102. The molecule has 0 aliphatic rings. The third-order valence-electron chi connectivity index (χ3n) is 4.11. The highest BCUT2D eigenvalue weighted by molar-refractivity contribution is 7.93. The second kappa shape index (κ2) is 7.47. The van der Waals surface area contributed by atoms with Gasteiger partial charge in [0.05, 0.1) is 10.6 Å². The van der Waals surface area contributed by atoms with Gasteiger partial charge in [0.2, 0.25) is 10.0 Å². The van der Waals surface area contributed by atoms with Gasteiger partial charge in [-0.05, 0) is 44.2 Å². The topological polar surface area (TPSA) is 146 Å². The number of hydrogen-bond acceptors (Lipinski definition) is 7. The van der Waals surface area contributed by atoms with Crippen LogP contribution in [0.2, 0.25) is 0 Å². The highest BCUT2D eigenvalue weighted by Crippen LogP contribution is 2.31. The minimum Gasteiger partial charge on any atom is -0.508 e. The molecule has 1 heterocycles. The Kier molecular flexibility index (Phi) is 5.21. The molecule has 2 aromatic carbocycles. The van der Waals surface area contributed by atoms with Crippen molar-refractivity contribution in [3.8, 4) is 11.5 Å². The molecule has 0 aliphatic carbocycles. The molecule has 0 saturated carbocycles. The van der Waals surface area contributed by atoms with Crippen LogP contribution in [0.25, 0.3) is 11.0 Å². The smallest absolute Gasteiger partial charge is 0.364 e. The number of anilines is 2. The number of benzene rings is 2. The molecule has 1 aromatic heterocycles. The largest absolute Gasteiger partial charge is 0.508 e. The van der Waals surface area contributed by atoms with E-state index in [2.05, 4.69) is 10.0 Å². The van der Waals surface area contributed by atoms with E-state index in [0.29, 0.717) is 0 Å². The maximum absolute atomic E-state index is 12.5. The minimum absolute atomic E-state index is 0.0458. The second-order valence-electron chi connectivity index (χ2n) is 6.52. The lowest BCUT2D eigenvalue weighted by atomic mass is 10.1. The van der Waals surface area contributed by atoms with Crippen molar-refractivity contribution in [3.05, 3.63) is 58.4 Å². The summed E-state index contributed by atoms with van der Waals surface area (Å²) in [5, 5.41) is 21.5. The number of hydrogen-bond donors (Lipinski definition) is 4. The normalized spacial score (nSPS) is 11.6. The van der Waals surface area contributed by atoms with Gasteiger partial charge in [-0.25, -0.2) is 13.2 Å². The molecule has 0 fully saturated rings. The van der Waals surface area contributed by atoms with E-state index in [-0.39, 0.29) is 28.0 Å². The molecule has 4 N–H and O–H groups in total. The molecule has 3 aromatic rings. The van der Waals surface area contributed by atoms with E-state index in [1.54, 1.807) is 0 Å². The third-order valence-corrected chi connectivity index (χ3v) is 5.87. The Balaban J connectivity index is 1.92. The van der Waals surface area contributed by atoms with E-state index in [9.17, 15) is 28.2 Å². The van der Waals surface area contributed by atoms with E-state index in [4.69, 9.17) is 4.42 Å². The molecule has 0 spiro atoms. The SMILES string of the molecule is CC(C)S(=O)(=O)Nc1cccc(C(=O)Nc2c(O)c3ccc(O)cc3oc2=O)c1. The van der Waals surface area contributed by atoms with Crippen LogP contribution in [-0.4, -0.2) is 29.8 Å². The monoisotopic (exact) mass is 418 g/mol. The predicted octanol–water partition coefficient (Wildman–Crippen LogP) is 2.61. The third kappa shape index (κ3) is 4.16. The maximum Gasteiger partial charge on any atom is 0.364 e. The van der Waals surface area contributed by atoms with Gasteiger partial charge in [-0.15, -0.1) is 0 Å². The summed E-state index contributed by atoms with van der Waals surface area (Å²) < 4.78 is 31.4. The Morgan fingerprint density at radius 3 is 2.52 bits per heavy atom. The Hall–Kier alpha value is -3.53. The van der Waals surface area contributed by atoms with Crippen molar-refractivity contribution in [2.45, 2.75) is 19.1 Å². The number of sulfonamides is 1. The first-order valence-corrected chi connectivity index (χ1v) is 10.0. The first-order chi connectivity index (χ1) is 13.6. The van der Waals surface area contributed by atoms with Crippen LogP contribution < -0.4 is 15.7 Å². The number of carbonyl (C=O) groups is 1. The lowest BCUT2D eigenvalue weighted by Crippen LogP contribution is -2.23. The van der Waals surface area contributed by atoms with Crippen molar-refractivity contribution in [2.75, 3.05) is 10.0 Å². The summed E-state index contributed by atoms with van der Waals surface area (Å²) in [4.78, 5) is 24.7. The van der Waals surface area contributed by atoms with Crippen LogP contribution in [0.5, 0.6) is 11.5 Å². The second-order valence-corrected chi connectivity index (χ2v) is 8.76. The Labute approximate surface area is 165 Å². The molecule has 9 nitrogen and oxygen atoms in total. The zero-order valence-electron chi connectivity index (χ0n) is 15.5. The summed E-state index contributed by atoms with van der Waals surface area (Å²) in [6.07, 6.45) is 0. The van der Waals surface area contributed by atoms with E-state index in [1.165, 1.54) is 50.2 Å². The van der Waals surface area contributed by atoms with Crippen molar-refractivity contribution >= 4 is 38.3 Å². The van der Waals surface area contributed by atoms with Gasteiger partial charge >= 0.3 is 5.63 Å². The first kappa shape index (κ1) is 20.2. The predicted molar refractivity (Wildman–Crippen MR) is 108 cm³/mol. The summed E-state index contributed by atoms with van der Waals surface area (Å²) in [7, 11) is -3.60.